The van der Waals surface area contributed by atoms with E-state index in [4.69, 9.17) is 9.47 Å². The van der Waals surface area contributed by atoms with Crippen molar-refractivity contribution in [3.63, 3.8) is 0 Å². The number of methoxy groups -OCH3 is 2. The summed E-state index contributed by atoms with van der Waals surface area (Å²) in [7, 11) is 3.05. The molecule has 0 bridgehead atoms. The van der Waals surface area contributed by atoms with Crippen LogP contribution in [0.3, 0.4) is 0 Å². The number of carbonyl (C=O) groups excluding carboxylic acids is 2. The topological polar surface area (TPSA) is 79.9 Å². The first-order valence-corrected chi connectivity index (χ1v) is 13.4. The third kappa shape index (κ3) is 6.39. The lowest BCUT2D eigenvalue weighted by molar-refractivity contribution is 0.0949. The van der Waals surface area contributed by atoms with Gasteiger partial charge in [-0.15, -0.1) is 0 Å². The molecule has 5 rings (SSSR count). The molecule has 4 aromatic rings. The number of nitrogens with zero attached hydrogens (tertiary/aromatic N) is 1. The van der Waals surface area contributed by atoms with Gasteiger partial charge in [-0.3, -0.25) is 9.59 Å². The third-order valence-electron chi connectivity index (χ3n) is 7.19. The van der Waals surface area contributed by atoms with E-state index in [9.17, 15) is 14.0 Å². The summed E-state index contributed by atoms with van der Waals surface area (Å²) in [5.74, 6) is 0.0826. The average Bonchev–Trinajstić information content (AvgIpc) is 3.02. The molecule has 1 heterocycles. The summed E-state index contributed by atoms with van der Waals surface area (Å²) >= 11 is 0. The summed E-state index contributed by atoms with van der Waals surface area (Å²) in [6, 6.07) is 24.5. The van der Waals surface area contributed by atoms with Crippen molar-refractivity contribution in [2.75, 3.05) is 25.7 Å². The van der Waals surface area contributed by atoms with Crippen molar-refractivity contribution in [1.29, 1.82) is 0 Å². The maximum Gasteiger partial charge on any atom is 0.258 e. The van der Waals surface area contributed by atoms with Gasteiger partial charge >= 0.3 is 0 Å². The normalized spacial score (nSPS) is 12.3. The van der Waals surface area contributed by atoms with Crippen molar-refractivity contribution in [2.45, 2.75) is 26.1 Å². The van der Waals surface area contributed by atoms with Gasteiger partial charge in [-0.25, -0.2) is 4.39 Å². The molecule has 0 spiro atoms. The molecule has 8 heteroatoms. The zero-order valence-corrected chi connectivity index (χ0v) is 23.1. The van der Waals surface area contributed by atoms with Crippen LogP contribution in [-0.4, -0.2) is 32.6 Å². The number of carbonyl (C=O) groups is 2. The molecule has 0 radical (unpaired) electrons. The Morgan fingerprint density at radius 2 is 1.71 bits per heavy atom. The van der Waals surface area contributed by atoms with Gasteiger partial charge in [0.2, 0.25) is 0 Å². The largest absolute Gasteiger partial charge is 0.493 e. The first-order valence-electron chi connectivity index (χ1n) is 13.4. The first kappa shape index (κ1) is 27.9. The molecule has 0 fully saturated rings. The second-order valence-corrected chi connectivity index (χ2v) is 9.82. The number of benzene rings is 4. The molecular formula is C33H32FN3O4. The van der Waals surface area contributed by atoms with Gasteiger partial charge in [-0.05, 0) is 78.2 Å². The maximum atomic E-state index is 14.7. The monoisotopic (exact) mass is 553 g/mol. The molecule has 41 heavy (non-hydrogen) atoms. The van der Waals surface area contributed by atoms with Crippen LogP contribution in [0, 0.1) is 5.82 Å². The van der Waals surface area contributed by atoms with Crippen LogP contribution in [0.4, 0.5) is 10.1 Å². The molecule has 0 aliphatic carbocycles. The maximum absolute atomic E-state index is 14.7. The highest BCUT2D eigenvalue weighted by Gasteiger charge is 2.22. The number of hydrogen-bond donors (Lipinski definition) is 2. The van der Waals surface area contributed by atoms with E-state index in [0.29, 0.717) is 33.9 Å². The van der Waals surface area contributed by atoms with Crippen LogP contribution in [0.2, 0.25) is 0 Å². The van der Waals surface area contributed by atoms with E-state index in [1.165, 1.54) is 25.8 Å². The Morgan fingerprint density at radius 1 is 0.878 bits per heavy atom. The third-order valence-corrected chi connectivity index (χ3v) is 7.19. The molecule has 0 aromatic heterocycles. The fraction of sp³-hybridized carbons (Fsp3) is 0.212. The lowest BCUT2D eigenvalue weighted by Gasteiger charge is -2.26. The molecule has 1 aliphatic heterocycles. The van der Waals surface area contributed by atoms with Crippen molar-refractivity contribution in [1.82, 2.24) is 10.6 Å². The van der Waals surface area contributed by atoms with Gasteiger partial charge in [0.25, 0.3) is 11.8 Å². The van der Waals surface area contributed by atoms with E-state index >= 15 is 0 Å². The van der Waals surface area contributed by atoms with Crippen molar-refractivity contribution < 1.29 is 23.5 Å². The molecule has 0 saturated heterocycles. The van der Waals surface area contributed by atoms with E-state index in [0.717, 1.165) is 30.6 Å². The Kier molecular flexibility index (Phi) is 8.60. The van der Waals surface area contributed by atoms with Gasteiger partial charge in [0.1, 0.15) is 5.82 Å². The molecule has 0 atom stereocenters. The summed E-state index contributed by atoms with van der Waals surface area (Å²) in [5.41, 5.74) is 5.13. The Bertz CT molecular complexity index is 1570. The molecule has 2 N–H and O–H groups in total. The highest BCUT2D eigenvalue weighted by molar-refractivity contribution is 6.06. The zero-order chi connectivity index (χ0) is 28.8. The van der Waals surface area contributed by atoms with Crippen molar-refractivity contribution in [2.24, 2.45) is 0 Å². The van der Waals surface area contributed by atoms with E-state index in [-0.39, 0.29) is 30.7 Å². The second kappa shape index (κ2) is 12.7. The summed E-state index contributed by atoms with van der Waals surface area (Å²) in [4.78, 5) is 28.4. The average molecular weight is 554 g/mol. The van der Waals surface area contributed by atoms with Gasteiger partial charge in [0, 0.05) is 35.5 Å². The predicted octanol–water partition coefficient (Wildman–Crippen LogP) is 5.27. The van der Waals surface area contributed by atoms with Gasteiger partial charge in [0.05, 0.1) is 20.8 Å². The number of fused-ring (bicyclic) bond motifs is 1. The molecule has 7 nitrogen and oxygen atoms in total. The minimum Gasteiger partial charge on any atom is -0.493 e. The van der Waals surface area contributed by atoms with Gasteiger partial charge in [0.15, 0.2) is 11.5 Å². The van der Waals surface area contributed by atoms with Crippen LogP contribution in [-0.2, 0) is 26.1 Å². The molecule has 2 amide bonds. The molecule has 210 valence electrons. The van der Waals surface area contributed by atoms with Gasteiger partial charge < -0.3 is 25.0 Å². The molecule has 1 aliphatic rings. The van der Waals surface area contributed by atoms with Crippen molar-refractivity contribution in [3.8, 4) is 11.5 Å². The van der Waals surface area contributed by atoms with Crippen LogP contribution in [0.5, 0.6) is 11.5 Å². The lowest BCUT2D eigenvalue weighted by atomic mass is 9.99. The Hall–Kier alpha value is -4.69. The minimum absolute atomic E-state index is 0.0813. The van der Waals surface area contributed by atoms with Crippen molar-refractivity contribution in [3.05, 3.63) is 124 Å². The smallest absolute Gasteiger partial charge is 0.258 e. The molecule has 0 unspecified atom stereocenters. The fourth-order valence-corrected chi connectivity index (χ4v) is 4.94. The minimum atomic E-state index is -0.364. The van der Waals surface area contributed by atoms with Crippen LogP contribution >= 0.6 is 0 Å². The molecule has 4 aromatic carbocycles. The van der Waals surface area contributed by atoms with Gasteiger partial charge in [-0.1, -0.05) is 36.4 Å². The zero-order valence-electron chi connectivity index (χ0n) is 23.1. The number of anilines is 1. The van der Waals surface area contributed by atoms with Crippen LogP contribution in [0.15, 0.2) is 84.9 Å². The van der Waals surface area contributed by atoms with Crippen LogP contribution in [0.1, 0.15) is 43.0 Å². The highest BCUT2D eigenvalue weighted by Crippen LogP contribution is 2.28. The van der Waals surface area contributed by atoms with Crippen LogP contribution in [0.25, 0.3) is 0 Å². The fourth-order valence-electron chi connectivity index (χ4n) is 4.94. The first-order chi connectivity index (χ1) is 20.0. The standard InChI is InChI=1S/C33H32FN3O4/c1-40-30-13-11-24(18-31(30)41-2)32(38)36-19-22-6-5-8-25(16-22)33(39)37(21-26-7-3-4-9-29(26)34)28-12-10-23-14-15-35-20-27(23)17-28/h3-13,16-18,35H,14-15,19-21H2,1-2H3,(H,36,38). The number of rotatable bonds is 9. The Balaban J connectivity index is 1.38. The number of nitrogens with one attached hydrogen (secondary N) is 2. The SMILES string of the molecule is COc1ccc(C(=O)NCc2cccc(C(=O)N(Cc3ccccc3F)c3ccc4c(c3)CNCC4)c2)cc1OC. The predicted molar refractivity (Wildman–Crippen MR) is 156 cm³/mol. The number of ether oxygens (including phenoxy) is 2. The summed E-state index contributed by atoms with van der Waals surface area (Å²) in [6.07, 6.45) is 0.925. The quantitative estimate of drug-likeness (QED) is 0.295. The highest BCUT2D eigenvalue weighted by atomic mass is 19.1. The van der Waals surface area contributed by atoms with E-state index in [2.05, 4.69) is 10.6 Å². The lowest BCUT2D eigenvalue weighted by Crippen LogP contribution is -2.32. The summed E-state index contributed by atoms with van der Waals surface area (Å²) < 4.78 is 25.2. The Labute approximate surface area is 238 Å². The van der Waals surface area contributed by atoms with Crippen LogP contribution < -0.4 is 25.0 Å². The van der Waals surface area contributed by atoms with Crippen molar-refractivity contribution >= 4 is 17.5 Å². The number of hydrogen-bond acceptors (Lipinski definition) is 5. The number of amides is 2. The van der Waals surface area contributed by atoms with Gasteiger partial charge in [-0.2, -0.15) is 0 Å². The van der Waals surface area contributed by atoms with E-state index in [1.54, 1.807) is 59.5 Å². The summed E-state index contributed by atoms with van der Waals surface area (Å²) in [6.45, 7) is 1.93. The summed E-state index contributed by atoms with van der Waals surface area (Å²) in [5, 5.41) is 6.27. The molecular weight excluding hydrogens is 521 g/mol. The Morgan fingerprint density at radius 3 is 2.51 bits per heavy atom. The number of halogens is 1. The second-order valence-electron chi connectivity index (χ2n) is 9.82. The van der Waals surface area contributed by atoms with E-state index < -0.39 is 0 Å². The molecule has 0 saturated carbocycles. The van der Waals surface area contributed by atoms with E-state index in [1.807, 2.05) is 24.3 Å².